The molecule has 0 aliphatic heterocycles. The van der Waals surface area contributed by atoms with Crippen LogP contribution < -0.4 is 4.74 Å². The zero-order valence-electron chi connectivity index (χ0n) is 9.92. The van der Waals surface area contributed by atoms with Crippen LogP contribution in [0.15, 0.2) is 18.2 Å². The van der Waals surface area contributed by atoms with Crippen LogP contribution in [0.5, 0.6) is 5.75 Å². The predicted molar refractivity (Wildman–Crippen MR) is 66.3 cm³/mol. The number of ether oxygens (including phenoxy) is 1. The molecule has 0 spiro atoms. The summed E-state index contributed by atoms with van der Waals surface area (Å²) in [6.07, 6.45) is 7.27. The molecular formula is C13H16BrFOZn. The number of hydrogen-bond acceptors (Lipinski definition) is 1. The van der Waals surface area contributed by atoms with Gasteiger partial charge in [0.25, 0.3) is 0 Å². The molecule has 1 fully saturated rings. The Bertz CT molecular complexity index is 314. The number of rotatable bonds is 2. The molecule has 0 unspecified atom stereocenters. The Morgan fingerprint density at radius 1 is 1.24 bits per heavy atom. The van der Waals surface area contributed by atoms with Gasteiger partial charge in [-0.05, 0) is 25.7 Å². The summed E-state index contributed by atoms with van der Waals surface area (Å²) in [4.78, 5) is 0. The first kappa shape index (κ1) is 15.1. The van der Waals surface area contributed by atoms with Gasteiger partial charge in [0.1, 0.15) is 0 Å². The van der Waals surface area contributed by atoms with Crippen LogP contribution in [-0.4, -0.2) is 6.10 Å². The molecule has 1 aromatic rings. The number of hydrogen-bond donors (Lipinski definition) is 0. The van der Waals surface area contributed by atoms with Crippen molar-refractivity contribution in [1.29, 1.82) is 0 Å². The van der Waals surface area contributed by atoms with Crippen molar-refractivity contribution in [2.45, 2.75) is 44.6 Å². The van der Waals surface area contributed by atoms with Crippen molar-refractivity contribution in [2.75, 3.05) is 0 Å². The van der Waals surface area contributed by atoms with E-state index >= 15 is 0 Å². The zero-order chi connectivity index (χ0) is 12.5. The van der Waals surface area contributed by atoms with Crippen molar-refractivity contribution in [2.24, 2.45) is 0 Å². The van der Waals surface area contributed by atoms with Gasteiger partial charge in [0.15, 0.2) is 0 Å². The van der Waals surface area contributed by atoms with E-state index in [-0.39, 0.29) is 11.9 Å². The van der Waals surface area contributed by atoms with Crippen LogP contribution in [0.25, 0.3) is 0 Å². The zero-order valence-corrected chi connectivity index (χ0v) is 14.5. The quantitative estimate of drug-likeness (QED) is 0.430. The molecule has 1 aromatic carbocycles. The monoisotopic (exact) mass is 350 g/mol. The minimum atomic E-state index is -0.304. The van der Waals surface area contributed by atoms with Gasteiger partial charge in [-0.3, -0.25) is 4.39 Å². The Labute approximate surface area is 119 Å². The van der Waals surface area contributed by atoms with Crippen LogP contribution in [0, 0.1) is 11.9 Å². The van der Waals surface area contributed by atoms with Crippen LogP contribution in [-0.2, 0) is 16.3 Å². The van der Waals surface area contributed by atoms with Gasteiger partial charge in [0, 0.05) is 11.6 Å². The second-order valence-corrected chi connectivity index (χ2v) is 4.09. The first-order valence-corrected chi connectivity index (χ1v) is 12.9. The molecule has 1 nitrogen and oxygen atoms in total. The first-order chi connectivity index (χ1) is 8.36. The van der Waals surface area contributed by atoms with Gasteiger partial charge in [0.05, 0.1) is 6.10 Å². The van der Waals surface area contributed by atoms with E-state index in [4.69, 9.17) is 4.74 Å². The van der Waals surface area contributed by atoms with Gasteiger partial charge >= 0.3 is 30.0 Å². The molecule has 1 saturated carbocycles. The van der Waals surface area contributed by atoms with Crippen molar-refractivity contribution in [1.82, 2.24) is 0 Å². The van der Waals surface area contributed by atoms with E-state index in [9.17, 15) is 4.39 Å². The van der Waals surface area contributed by atoms with Crippen molar-refractivity contribution >= 4 is 13.6 Å². The average Bonchev–Trinajstić information content (AvgIpc) is 2.63. The molecule has 0 amide bonds. The summed E-state index contributed by atoms with van der Waals surface area (Å²) in [6, 6.07) is 7.36. The standard InChI is InChI=1S/C13H16FO.BrH.Zn/c14-12-9-5-6-10-13(12)15-11-7-3-1-2-4-8-11;;/h6,9-11H,1-4,7-8H2;1H;/q-1;;+2/p-1. The Balaban J connectivity index is 0.000000686. The summed E-state index contributed by atoms with van der Waals surface area (Å²) in [7, 11) is 0. The fraction of sp³-hybridized carbons (Fsp3) is 0.538. The number of benzene rings is 1. The van der Waals surface area contributed by atoms with Gasteiger partial charge in [-0.2, -0.15) is 12.1 Å². The predicted octanol–water partition coefficient (Wildman–Crippen LogP) is 4.57. The molecule has 0 aromatic heterocycles. The van der Waals surface area contributed by atoms with Crippen LogP contribution in [0.1, 0.15) is 38.5 Å². The third-order valence-corrected chi connectivity index (χ3v) is 2.87. The van der Waals surface area contributed by atoms with Crippen molar-refractivity contribution in [3.63, 3.8) is 0 Å². The average molecular weight is 353 g/mol. The SMILES string of the molecule is Fc1c[c-]ccc1OC1CCCCCC1.[Zn+][Br]. The van der Waals surface area contributed by atoms with Crippen LogP contribution in [0.2, 0.25) is 0 Å². The van der Waals surface area contributed by atoms with E-state index in [1.54, 1.807) is 12.1 Å². The van der Waals surface area contributed by atoms with E-state index in [1.165, 1.54) is 48.1 Å². The van der Waals surface area contributed by atoms with Crippen molar-refractivity contribution in [3.8, 4) is 5.75 Å². The number of halogens is 2. The van der Waals surface area contributed by atoms with Gasteiger partial charge in [-0.1, -0.05) is 12.8 Å². The maximum atomic E-state index is 13.3. The molecule has 0 atom stereocenters. The van der Waals surface area contributed by atoms with Gasteiger partial charge in [-0.15, -0.1) is 12.1 Å². The van der Waals surface area contributed by atoms with E-state index in [0.29, 0.717) is 5.75 Å². The van der Waals surface area contributed by atoms with Gasteiger partial charge in [0.2, 0.25) is 0 Å². The summed E-state index contributed by atoms with van der Waals surface area (Å²) in [5.41, 5.74) is 0. The third-order valence-electron chi connectivity index (χ3n) is 2.87. The molecular weight excluding hydrogens is 336 g/mol. The summed E-state index contributed by atoms with van der Waals surface area (Å²) in [5, 5.41) is 0. The Morgan fingerprint density at radius 2 is 1.88 bits per heavy atom. The first-order valence-electron chi connectivity index (χ1n) is 5.95. The molecule has 0 N–H and O–H groups in total. The van der Waals surface area contributed by atoms with Crippen molar-refractivity contribution in [3.05, 3.63) is 30.1 Å². The fourth-order valence-corrected chi connectivity index (χ4v) is 2.03. The van der Waals surface area contributed by atoms with Crippen LogP contribution in [0.4, 0.5) is 4.39 Å². The fourth-order valence-electron chi connectivity index (χ4n) is 2.03. The summed E-state index contributed by atoms with van der Waals surface area (Å²) in [6.45, 7) is 0. The third kappa shape index (κ3) is 5.48. The Hall–Kier alpha value is 0.0534. The van der Waals surface area contributed by atoms with E-state index in [2.05, 4.69) is 19.7 Å². The summed E-state index contributed by atoms with van der Waals surface area (Å²) in [5.74, 6) is 0.0717. The normalized spacial score (nSPS) is 16.7. The van der Waals surface area contributed by atoms with E-state index in [0.717, 1.165) is 12.8 Å². The second kappa shape index (κ2) is 9.05. The molecule has 0 radical (unpaired) electrons. The molecule has 4 heteroatoms. The van der Waals surface area contributed by atoms with Gasteiger partial charge in [-0.25, -0.2) is 0 Å². The minimum absolute atomic E-state index is 0.199. The van der Waals surface area contributed by atoms with Gasteiger partial charge < -0.3 is 4.74 Å². The van der Waals surface area contributed by atoms with Crippen molar-refractivity contribution < 1.29 is 25.5 Å². The molecule has 0 bridgehead atoms. The van der Waals surface area contributed by atoms with Crippen LogP contribution >= 0.6 is 13.6 Å². The van der Waals surface area contributed by atoms with Crippen LogP contribution in [0.3, 0.4) is 0 Å². The molecule has 2 rings (SSSR count). The molecule has 1 aliphatic rings. The molecule has 0 saturated heterocycles. The molecule has 0 heterocycles. The van der Waals surface area contributed by atoms with E-state index < -0.39 is 0 Å². The Morgan fingerprint density at radius 3 is 2.47 bits per heavy atom. The maximum absolute atomic E-state index is 13.3. The Kier molecular flexibility index (Phi) is 8.04. The molecule has 17 heavy (non-hydrogen) atoms. The molecule has 1 aliphatic carbocycles. The second-order valence-electron chi connectivity index (χ2n) is 4.09. The molecule has 90 valence electrons. The van der Waals surface area contributed by atoms with E-state index in [1.807, 2.05) is 0 Å². The summed E-state index contributed by atoms with van der Waals surface area (Å²) < 4.78 is 19.0. The summed E-state index contributed by atoms with van der Waals surface area (Å²) >= 11 is 4.25. The topological polar surface area (TPSA) is 9.23 Å².